The number of aromatic nitrogens is 1. The molecule has 0 fully saturated rings. The van der Waals surface area contributed by atoms with E-state index in [0.717, 1.165) is 25.0 Å². The number of carbonyl (C=O) groups is 1. The maximum Gasteiger partial charge on any atom is 0.354 e. The Morgan fingerprint density at radius 3 is 2.65 bits per heavy atom. The number of hydrogen-bond acceptors (Lipinski definition) is 6. The molecule has 110 valence electrons. The first-order valence-electron chi connectivity index (χ1n) is 6.25. The van der Waals surface area contributed by atoms with Gasteiger partial charge in [0.1, 0.15) is 0 Å². The van der Waals surface area contributed by atoms with Crippen LogP contribution in [0.15, 0.2) is 12.1 Å². The summed E-state index contributed by atoms with van der Waals surface area (Å²) in [4.78, 5) is 26.7. The number of aliphatic hydroxyl groups is 1. The van der Waals surface area contributed by atoms with Crippen LogP contribution in [-0.4, -0.2) is 45.8 Å². The smallest absolute Gasteiger partial charge is 0.354 e. The summed E-state index contributed by atoms with van der Waals surface area (Å²) in [6.45, 7) is 2.40. The molecule has 0 aliphatic heterocycles. The Labute approximate surface area is 115 Å². The number of hydrogen-bond donors (Lipinski definition) is 2. The van der Waals surface area contributed by atoms with Gasteiger partial charge in [-0.3, -0.25) is 10.1 Å². The van der Waals surface area contributed by atoms with Crippen LogP contribution in [0.2, 0.25) is 0 Å². The monoisotopic (exact) mass is 283 g/mol. The molecule has 1 aromatic rings. The molecule has 0 spiro atoms. The van der Waals surface area contributed by atoms with E-state index < -0.39 is 10.9 Å². The summed E-state index contributed by atoms with van der Waals surface area (Å²) in [6.07, 6.45) is 1.63. The molecule has 0 bridgehead atoms. The molecule has 1 heterocycles. The number of anilines is 1. The fourth-order valence-corrected chi connectivity index (χ4v) is 1.73. The van der Waals surface area contributed by atoms with Gasteiger partial charge >= 0.3 is 11.7 Å². The van der Waals surface area contributed by atoms with Gasteiger partial charge in [0, 0.05) is 19.2 Å². The van der Waals surface area contributed by atoms with E-state index in [1.54, 1.807) is 0 Å². The molecule has 0 unspecified atom stereocenters. The summed E-state index contributed by atoms with van der Waals surface area (Å²) >= 11 is 0. The summed E-state index contributed by atoms with van der Waals surface area (Å²) in [7, 11) is 0. The fourth-order valence-electron chi connectivity index (χ4n) is 1.73. The van der Waals surface area contributed by atoms with Gasteiger partial charge in [-0.2, -0.15) is 0 Å². The lowest BCUT2D eigenvalue weighted by molar-refractivity contribution is -0.384. The highest BCUT2D eigenvalue weighted by Gasteiger charge is 2.23. The third kappa shape index (κ3) is 3.89. The molecule has 20 heavy (non-hydrogen) atoms. The van der Waals surface area contributed by atoms with E-state index in [0.29, 0.717) is 6.54 Å². The van der Waals surface area contributed by atoms with Crippen molar-refractivity contribution in [2.75, 3.05) is 24.6 Å². The Kier molecular flexibility index (Phi) is 5.85. The van der Waals surface area contributed by atoms with Crippen molar-refractivity contribution in [1.29, 1.82) is 0 Å². The van der Waals surface area contributed by atoms with E-state index in [-0.39, 0.29) is 30.4 Å². The SMILES string of the molecule is CCCCN(CCO)c1nc(C(=O)O)ccc1[N+](=O)[O-]. The summed E-state index contributed by atoms with van der Waals surface area (Å²) in [5.41, 5.74) is -0.524. The molecular weight excluding hydrogens is 266 g/mol. The first kappa shape index (κ1) is 15.8. The number of nitrogens with zero attached hydrogens (tertiary/aromatic N) is 3. The zero-order valence-electron chi connectivity index (χ0n) is 11.2. The lowest BCUT2D eigenvalue weighted by Crippen LogP contribution is -2.29. The van der Waals surface area contributed by atoms with Crippen LogP contribution >= 0.6 is 0 Å². The van der Waals surface area contributed by atoms with E-state index in [9.17, 15) is 14.9 Å². The van der Waals surface area contributed by atoms with Crippen molar-refractivity contribution in [1.82, 2.24) is 4.98 Å². The Balaban J connectivity index is 3.22. The number of pyridine rings is 1. The van der Waals surface area contributed by atoms with Crippen LogP contribution in [0.4, 0.5) is 11.5 Å². The van der Waals surface area contributed by atoms with Crippen LogP contribution in [0.25, 0.3) is 0 Å². The molecule has 0 aliphatic rings. The van der Waals surface area contributed by atoms with Crippen molar-refractivity contribution in [3.05, 3.63) is 27.9 Å². The zero-order chi connectivity index (χ0) is 15.1. The van der Waals surface area contributed by atoms with Crippen LogP contribution < -0.4 is 4.90 Å². The van der Waals surface area contributed by atoms with Crippen molar-refractivity contribution in [3.8, 4) is 0 Å². The first-order valence-corrected chi connectivity index (χ1v) is 6.25. The van der Waals surface area contributed by atoms with Crippen molar-refractivity contribution in [2.45, 2.75) is 19.8 Å². The minimum atomic E-state index is -1.25. The quantitative estimate of drug-likeness (QED) is 0.545. The first-order chi connectivity index (χ1) is 9.51. The minimum absolute atomic E-state index is 0.0163. The van der Waals surface area contributed by atoms with Gasteiger partial charge in [0.2, 0.25) is 5.82 Å². The molecule has 8 nitrogen and oxygen atoms in total. The standard InChI is InChI=1S/C12H17N3O5/c1-2-3-6-14(7-8-16)11-10(15(19)20)5-4-9(13-11)12(17)18/h4-5,16H,2-3,6-8H2,1H3,(H,17,18). The molecule has 1 rings (SSSR count). The van der Waals surface area contributed by atoms with Gasteiger partial charge in [0.25, 0.3) is 0 Å². The van der Waals surface area contributed by atoms with Crippen LogP contribution in [0, 0.1) is 10.1 Å². The average Bonchev–Trinajstić information content (AvgIpc) is 2.42. The summed E-state index contributed by atoms with van der Waals surface area (Å²) in [6, 6.07) is 2.23. The third-order valence-corrected chi connectivity index (χ3v) is 2.72. The predicted molar refractivity (Wildman–Crippen MR) is 72.1 cm³/mol. The van der Waals surface area contributed by atoms with Crippen LogP contribution in [0.5, 0.6) is 0 Å². The highest BCUT2D eigenvalue weighted by molar-refractivity contribution is 5.86. The van der Waals surface area contributed by atoms with Crippen LogP contribution in [0.1, 0.15) is 30.3 Å². The molecule has 8 heteroatoms. The van der Waals surface area contributed by atoms with Gasteiger partial charge in [-0.05, 0) is 12.5 Å². The van der Waals surface area contributed by atoms with Gasteiger partial charge in [0.15, 0.2) is 5.69 Å². The Morgan fingerprint density at radius 2 is 2.15 bits per heavy atom. The van der Waals surface area contributed by atoms with Gasteiger partial charge < -0.3 is 15.1 Å². The maximum absolute atomic E-state index is 11.0. The van der Waals surface area contributed by atoms with E-state index in [1.165, 1.54) is 4.90 Å². The van der Waals surface area contributed by atoms with Gasteiger partial charge in [-0.15, -0.1) is 0 Å². The molecular formula is C12H17N3O5. The summed E-state index contributed by atoms with van der Waals surface area (Å²) < 4.78 is 0. The third-order valence-electron chi connectivity index (χ3n) is 2.72. The maximum atomic E-state index is 11.0. The van der Waals surface area contributed by atoms with Crippen LogP contribution in [-0.2, 0) is 0 Å². The summed E-state index contributed by atoms with van der Waals surface area (Å²) in [5.74, 6) is -1.27. The lowest BCUT2D eigenvalue weighted by Gasteiger charge is -2.22. The molecule has 0 saturated heterocycles. The molecule has 0 aromatic carbocycles. The Hall–Kier alpha value is -2.22. The topological polar surface area (TPSA) is 117 Å². The number of carboxylic acids is 1. The molecule has 1 aromatic heterocycles. The largest absolute Gasteiger partial charge is 0.477 e. The molecule has 0 aliphatic carbocycles. The van der Waals surface area contributed by atoms with E-state index in [1.807, 2.05) is 6.92 Å². The summed E-state index contributed by atoms with van der Waals surface area (Å²) in [5, 5.41) is 29.0. The lowest BCUT2D eigenvalue weighted by atomic mass is 10.2. The normalized spacial score (nSPS) is 10.3. The Morgan fingerprint density at radius 1 is 1.45 bits per heavy atom. The molecule has 0 amide bonds. The minimum Gasteiger partial charge on any atom is -0.477 e. The number of carboxylic acid groups (broad SMARTS) is 1. The van der Waals surface area contributed by atoms with E-state index in [4.69, 9.17) is 10.2 Å². The molecule has 2 N–H and O–H groups in total. The van der Waals surface area contributed by atoms with E-state index >= 15 is 0 Å². The second-order valence-corrected chi connectivity index (χ2v) is 4.17. The fraction of sp³-hybridized carbons (Fsp3) is 0.500. The van der Waals surface area contributed by atoms with Gasteiger partial charge in [0.05, 0.1) is 11.5 Å². The van der Waals surface area contributed by atoms with Crippen molar-refractivity contribution < 1.29 is 19.9 Å². The molecule has 0 atom stereocenters. The second kappa shape index (κ2) is 7.39. The number of nitro groups is 1. The average molecular weight is 283 g/mol. The number of unbranched alkanes of at least 4 members (excludes halogenated alkanes) is 1. The number of aliphatic hydroxyl groups excluding tert-OH is 1. The van der Waals surface area contributed by atoms with Crippen molar-refractivity contribution in [3.63, 3.8) is 0 Å². The van der Waals surface area contributed by atoms with E-state index in [2.05, 4.69) is 4.98 Å². The molecule has 0 saturated carbocycles. The predicted octanol–water partition coefficient (Wildman–Crippen LogP) is 1.29. The highest BCUT2D eigenvalue weighted by atomic mass is 16.6. The molecule has 0 radical (unpaired) electrons. The van der Waals surface area contributed by atoms with Crippen molar-refractivity contribution >= 4 is 17.5 Å². The Bertz CT molecular complexity index is 492. The highest BCUT2D eigenvalue weighted by Crippen LogP contribution is 2.26. The van der Waals surface area contributed by atoms with Crippen LogP contribution in [0.3, 0.4) is 0 Å². The zero-order valence-corrected chi connectivity index (χ0v) is 11.2. The second-order valence-electron chi connectivity index (χ2n) is 4.17. The van der Waals surface area contributed by atoms with Gasteiger partial charge in [-0.1, -0.05) is 13.3 Å². The number of rotatable bonds is 8. The van der Waals surface area contributed by atoms with Gasteiger partial charge in [-0.25, -0.2) is 9.78 Å². The van der Waals surface area contributed by atoms with Crippen molar-refractivity contribution in [2.24, 2.45) is 0 Å². The number of aromatic carboxylic acids is 1.